The highest BCUT2D eigenvalue weighted by Gasteiger charge is 2.19. The highest BCUT2D eigenvalue weighted by atomic mass is 16.2. The molecule has 30 heavy (non-hydrogen) atoms. The molecular formula is C25H24N4O. The Labute approximate surface area is 176 Å². The quantitative estimate of drug-likeness (QED) is 0.476. The molecular weight excluding hydrogens is 372 g/mol. The third-order valence-corrected chi connectivity index (χ3v) is 4.92. The molecule has 0 atom stereocenters. The van der Waals surface area contributed by atoms with E-state index >= 15 is 0 Å². The third-order valence-electron chi connectivity index (χ3n) is 4.92. The number of rotatable bonds is 5. The van der Waals surface area contributed by atoms with Crippen LogP contribution in [0.1, 0.15) is 41.5 Å². The number of carbonyl (C=O) groups is 1. The highest BCUT2D eigenvalue weighted by Crippen LogP contribution is 2.22. The standard InChI is InChI=1S/C25H24N4O/c1-17(2)19-12-14-21(15-13-19)26-25(30)23-27-24(20-9-5-4-6-10-20)29(28-23)22-11-7-8-18(3)16-22/h4-17H,1-3H3,(H,26,30). The van der Waals surface area contributed by atoms with Crippen molar-refractivity contribution in [1.82, 2.24) is 14.8 Å². The maximum Gasteiger partial charge on any atom is 0.295 e. The Bertz CT molecular complexity index is 1160. The fraction of sp³-hybridized carbons (Fsp3) is 0.160. The molecule has 1 aromatic heterocycles. The van der Waals surface area contributed by atoms with Gasteiger partial charge in [-0.25, -0.2) is 9.67 Å². The predicted molar refractivity (Wildman–Crippen MR) is 120 cm³/mol. The molecule has 0 unspecified atom stereocenters. The van der Waals surface area contributed by atoms with E-state index in [1.807, 2.05) is 85.8 Å². The Morgan fingerprint density at radius 1 is 0.933 bits per heavy atom. The van der Waals surface area contributed by atoms with Crippen molar-refractivity contribution < 1.29 is 4.79 Å². The lowest BCUT2D eigenvalue weighted by atomic mass is 10.0. The molecule has 0 fully saturated rings. The molecule has 1 amide bonds. The number of anilines is 1. The van der Waals surface area contributed by atoms with Gasteiger partial charge in [0.1, 0.15) is 0 Å². The first kappa shape index (κ1) is 19.6. The lowest BCUT2D eigenvalue weighted by molar-refractivity contribution is 0.101. The molecule has 0 saturated carbocycles. The summed E-state index contributed by atoms with van der Waals surface area (Å²) in [5, 5.41) is 7.44. The Morgan fingerprint density at radius 2 is 1.67 bits per heavy atom. The van der Waals surface area contributed by atoms with Gasteiger partial charge in [0.2, 0.25) is 5.82 Å². The van der Waals surface area contributed by atoms with Crippen LogP contribution in [0.4, 0.5) is 5.69 Å². The predicted octanol–water partition coefficient (Wildman–Crippen LogP) is 5.62. The summed E-state index contributed by atoms with van der Waals surface area (Å²) in [6.07, 6.45) is 0. The van der Waals surface area contributed by atoms with Gasteiger partial charge < -0.3 is 5.32 Å². The molecule has 4 aromatic rings. The van der Waals surface area contributed by atoms with Gasteiger partial charge in [0.15, 0.2) is 5.82 Å². The monoisotopic (exact) mass is 396 g/mol. The van der Waals surface area contributed by atoms with Gasteiger partial charge in [-0.2, -0.15) is 0 Å². The lowest BCUT2D eigenvalue weighted by Gasteiger charge is -2.07. The van der Waals surface area contributed by atoms with Crippen LogP contribution in [0.25, 0.3) is 17.1 Å². The molecule has 0 saturated heterocycles. The summed E-state index contributed by atoms with van der Waals surface area (Å²) in [6.45, 7) is 6.30. The fourth-order valence-corrected chi connectivity index (χ4v) is 3.26. The fourth-order valence-electron chi connectivity index (χ4n) is 3.26. The van der Waals surface area contributed by atoms with Gasteiger partial charge in [0.05, 0.1) is 5.69 Å². The Morgan fingerprint density at radius 3 is 2.33 bits per heavy atom. The molecule has 3 aromatic carbocycles. The van der Waals surface area contributed by atoms with Crippen LogP contribution in [0.15, 0.2) is 78.9 Å². The molecule has 1 N–H and O–H groups in total. The maximum absolute atomic E-state index is 12.9. The minimum absolute atomic E-state index is 0.128. The van der Waals surface area contributed by atoms with Crippen LogP contribution >= 0.6 is 0 Å². The third kappa shape index (κ3) is 4.15. The molecule has 5 heteroatoms. The molecule has 0 bridgehead atoms. The molecule has 0 radical (unpaired) electrons. The minimum atomic E-state index is -0.337. The van der Waals surface area contributed by atoms with Gasteiger partial charge in [-0.3, -0.25) is 4.79 Å². The van der Waals surface area contributed by atoms with E-state index in [9.17, 15) is 4.79 Å². The number of aryl methyl sites for hydroxylation is 1. The van der Waals surface area contributed by atoms with E-state index in [2.05, 4.69) is 29.2 Å². The lowest BCUT2D eigenvalue weighted by Crippen LogP contribution is -2.14. The largest absolute Gasteiger partial charge is 0.319 e. The van der Waals surface area contributed by atoms with Gasteiger partial charge in [-0.15, -0.1) is 5.10 Å². The van der Waals surface area contributed by atoms with Crippen LogP contribution < -0.4 is 5.32 Å². The van der Waals surface area contributed by atoms with E-state index < -0.39 is 0 Å². The van der Waals surface area contributed by atoms with Crippen LogP contribution in [0, 0.1) is 6.92 Å². The zero-order valence-electron chi connectivity index (χ0n) is 17.3. The van der Waals surface area contributed by atoms with Crippen molar-refractivity contribution in [1.29, 1.82) is 0 Å². The van der Waals surface area contributed by atoms with Crippen molar-refractivity contribution in [2.24, 2.45) is 0 Å². The average molecular weight is 396 g/mol. The van der Waals surface area contributed by atoms with E-state index in [1.54, 1.807) is 4.68 Å². The number of hydrogen-bond donors (Lipinski definition) is 1. The van der Waals surface area contributed by atoms with Crippen molar-refractivity contribution in [3.63, 3.8) is 0 Å². The van der Waals surface area contributed by atoms with E-state index in [1.165, 1.54) is 5.56 Å². The number of nitrogens with zero attached hydrogens (tertiary/aromatic N) is 3. The van der Waals surface area contributed by atoms with E-state index in [-0.39, 0.29) is 11.7 Å². The molecule has 5 nitrogen and oxygen atoms in total. The van der Waals surface area contributed by atoms with Crippen molar-refractivity contribution >= 4 is 11.6 Å². The Kier molecular flexibility index (Phi) is 5.44. The number of carbonyl (C=O) groups excluding carboxylic acids is 1. The molecule has 0 aliphatic rings. The van der Waals surface area contributed by atoms with Crippen LogP contribution in [-0.2, 0) is 0 Å². The number of aromatic nitrogens is 3. The molecule has 0 aliphatic heterocycles. The number of amides is 1. The number of hydrogen-bond acceptors (Lipinski definition) is 3. The second-order valence-electron chi connectivity index (χ2n) is 7.61. The van der Waals surface area contributed by atoms with Crippen LogP contribution in [0.5, 0.6) is 0 Å². The van der Waals surface area contributed by atoms with Crippen molar-refractivity contribution in [2.75, 3.05) is 5.32 Å². The second-order valence-corrected chi connectivity index (χ2v) is 7.61. The zero-order valence-corrected chi connectivity index (χ0v) is 17.3. The number of nitrogens with one attached hydrogen (secondary N) is 1. The average Bonchev–Trinajstić information content (AvgIpc) is 3.20. The molecule has 0 aliphatic carbocycles. The Hall–Kier alpha value is -3.73. The van der Waals surface area contributed by atoms with Gasteiger partial charge >= 0.3 is 0 Å². The first-order valence-corrected chi connectivity index (χ1v) is 10.0. The maximum atomic E-state index is 12.9. The van der Waals surface area contributed by atoms with E-state index in [0.717, 1.165) is 22.5 Å². The SMILES string of the molecule is Cc1cccc(-n2nc(C(=O)Nc3ccc(C(C)C)cc3)nc2-c2ccccc2)c1. The summed E-state index contributed by atoms with van der Waals surface area (Å²) < 4.78 is 1.72. The molecule has 4 rings (SSSR count). The summed E-state index contributed by atoms with van der Waals surface area (Å²) in [7, 11) is 0. The van der Waals surface area contributed by atoms with Gasteiger partial charge in [-0.05, 0) is 48.2 Å². The minimum Gasteiger partial charge on any atom is -0.319 e. The van der Waals surface area contributed by atoms with Gasteiger partial charge in [0.25, 0.3) is 5.91 Å². The number of benzene rings is 3. The summed E-state index contributed by atoms with van der Waals surface area (Å²) in [5.41, 5.74) is 4.81. The summed E-state index contributed by atoms with van der Waals surface area (Å²) in [5.74, 6) is 0.857. The van der Waals surface area contributed by atoms with E-state index in [0.29, 0.717) is 11.7 Å². The first-order chi connectivity index (χ1) is 14.5. The highest BCUT2D eigenvalue weighted by molar-refractivity contribution is 6.01. The normalized spacial score (nSPS) is 10.9. The van der Waals surface area contributed by atoms with Crippen LogP contribution in [0.2, 0.25) is 0 Å². The zero-order chi connectivity index (χ0) is 21.1. The smallest absolute Gasteiger partial charge is 0.295 e. The summed E-state index contributed by atoms with van der Waals surface area (Å²) >= 11 is 0. The second kappa shape index (κ2) is 8.33. The van der Waals surface area contributed by atoms with Crippen molar-refractivity contribution in [3.05, 3.63) is 95.8 Å². The molecule has 0 spiro atoms. The summed E-state index contributed by atoms with van der Waals surface area (Å²) in [6, 6.07) is 25.6. The van der Waals surface area contributed by atoms with Gasteiger partial charge in [-0.1, -0.05) is 68.4 Å². The van der Waals surface area contributed by atoms with Gasteiger partial charge in [0, 0.05) is 11.3 Å². The van der Waals surface area contributed by atoms with Crippen molar-refractivity contribution in [3.8, 4) is 17.1 Å². The first-order valence-electron chi connectivity index (χ1n) is 10.0. The topological polar surface area (TPSA) is 59.8 Å². The van der Waals surface area contributed by atoms with Crippen molar-refractivity contribution in [2.45, 2.75) is 26.7 Å². The van der Waals surface area contributed by atoms with Crippen LogP contribution in [-0.4, -0.2) is 20.7 Å². The summed E-state index contributed by atoms with van der Waals surface area (Å²) in [4.78, 5) is 17.4. The van der Waals surface area contributed by atoms with Crippen LogP contribution in [0.3, 0.4) is 0 Å². The molecule has 1 heterocycles. The molecule has 150 valence electrons. The Balaban J connectivity index is 1.69. The van der Waals surface area contributed by atoms with E-state index in [4.69, 9.17) is 0 Å².